The van der Waals surface area contributed by atoms with Crippen LogP contribution < -0.4 is 4.74 Å². The molecule has 1 unspecified atom stereocenters. The Morgan fingerprint density at radius 2 is 1.78 bits per heavy atom. The van der Waals surface area contributed by atoms with Crippen LogP contribution in [0.5, 0.6) is 5.75 Å². The zero-order valence-electron chi connectivity index (χ0n) is 10.5. The molecule has 0 saturated heterocycles. The van der Waals surface area contributed by atoms with E-state index in [0.29, 0.717) is 12.0 Å². The number of hydrogen-bond donors (Lipinski definition) is 1. The van der Waals surface area contributed by atoms with Gasteiger partial charge in [-0.05, 0) is 24.6 Å². The molecular weight excluding hydrogens is 228 g/mol. The standard InChI is InChI=1S/C14H16N2O2/c1-14(17,12-8-15-10-16-9-12)7-11-3-5-13(18-2)6-4-11/h3-6,8-10,17H,7H2,1-2H3. The van der Waals surface area contributed by atoms with Gasteiger partial charge < -0.3 is 9.84 Å². The maximum Gasteiger partial charge on any atom is 0.118 e. The summed E-state index contributed by atoms with van der Waals surface area (Å²) in [7, 11) is 1.63. The van der Waals surface area contributed by atoms with Crippen LogP contribution in [0.3, 0.4) is 0 Å². The lowest BCUT2D eigenvalue weighted by atomic mass is 9.91. The van der Waals surface area contributed by atoms with E-state index in [4.69, 9.17) is 4.74 Å². The van der Waals surface area contributed by atoms with Crippen LogP contribution >= 0.6 is 0 Å². The first kappa shape index (κ1) is 12.5. The molecular formula is C14H16N2O2. The summed E-state index contributed by atoms with van der Waals surface area (Å²) in [5.41, 5.74) is 0.765. The van der Waals surface area contributed by atoms with E-state index in [9.17, 15) is 5.11 Å². The van der Waals surface area contributed by atoms with Gasteiger partial charge in [0.25, 0.3) is 0 Å². The van der Waals surface area contributed by atoms with E-state index in [0.717, 1.165) is 11.3 Å². The number of ether oxygens (including phenoxy) is 1. The Kier molecular flexibility index (Phi) is 3.58. The average Bonchev–Trinajstić information content (AvgIpc) is 2.40. The average molecular weight is 244 g/mol. The summed E-state index contributed by atoms with van der Waals surface area (Å²) in [5, 5.41) is 10.5. The van der Waals surface area contributed by atoms with Crippen molar-refractivity contribution in [2.75, 3.05) is 7.11 Å². The van der Waals surface area contributed by atoms with Gasteiger partial charge in [0.15, 0.2) is 0 Å². The number of methoxy groups -OCH3 is 1. The largest absolute Gasteiger partial charge is 0.497 e. The van der Waals surface area contributed by atoms with E-state index >= 15 is 0 Å². The minimum atomic E-state index is -0.976. The molecule has 18 heavy (non-hydrogen) atoms. The molecule has 0 saturated carbocycles. The van der Waals surface area contributed by atoms with Crippen LogP contribution in [0.4, 0.5) is 0 Å². The molecule has 0 bridgehead atoms. The molecule has 2 rings (SSSR count). The van der Waals surface area contributed by atoms with Crippen molar-refractivity contribution in [1.29, 1.82) is 0 Å². The van der Waals surface area contributed by atoms with Crippen LogP contribution in [-0.4, -0.2) is 22.2 Å². The van der Waals surface area contributed by atoms with Gasteiger partial charge in [-0.1, -0.05) is 12.1 Å². The zero-order valence-corrected chi connectivity index (χ0v) is 10.5. The molecule has 1 atom stereocenters. The summed E-state index contributed by atoms with van der Waals surface area (Å²) < 4.78 is 5.10. The van der Waals surface area contributed by atoms with Crippen LogP contribution in [0.15, 0.2) is 43.0 Å². The third-order valence-corrected chi connectivity index (χ3v) is 2.89. The highest BCUT2D eigenvalue weighted by atomic mass is 16.5. The van der Waals surface area contributed by atoms with Gasteiger partial charge in [0.2, 0.25) is 0 Å². The molecule has 1 aromatic carbocycles. The van der Waals surface area contributed by atoms with Gasteiger partial charge in [0.05, 0.1) is 12.7 Å². The molecule has 0 aliphatic carbocycles. The fourth-order valence-corrected chi connectivity index (χ4v) is 1.82. The van der Waals surface area contributed by atoms with E-state index in [-0.39, 0.29) is 0 Å². The van der Waals surface area contributed by atoms with Crippen LogP contribution in [0.25, 0.3) is 0 Å². The molecule has 2 aromatic rings. The fourth-order valence-electron chi connectivity index (χ4n) is 1.82. The van der Waals surface area contributed by atoms with Crippen LogP contribution in [-0.2, 0) is 12.0 Å². The second kappa shape index (κ2) is 5.14. The zero-order chi connectivity index (χ0) is 13.0. The molecule has 4 heteroatoms. The second-order valence-electron chi connectivity index (χ2n) is 4.43. The number of aromatic nitrogens is 2. The highest BCUT2D eigenvalue weighted by Gasteiger charge is 2.24. The van der Waals surface area contributed by atoms with Crippen LogP contribution in [0.1, 0.15) is 18.1 Å². The first-order valence-corrected chi connectivity index (χ1v) is 5.72. The van der Waals surface area contributed by atoms with E-state index in [1.165, 1.54) is 6.33 Å². The Balaban J connectivity index is 2.16. The predicted molar refractivity (Wildman–Crippen MR) is 68.3 cm³/mol. The summed E-state index contributed by atoms with van der Waals surface area (Å²) in [6, 6.07) is 7.65. The van der Waals surface area contributed by atoms with Crippen molar-refractivity contribution in [3.8, 4) is 5.75 Å². The molecule has 0 aliphatic heterocycles. The minimum Gasteiger partial charge on any atom is -0.497 e. The third kappa shape index (κ3) is 2.84. The smallest absolute Gasteiger partial charge is 0.118 e. The van der Waals surface area contributed by atoms with Crippen molar-refractivity contribution in [3.05, 3.63) is 54.1 Å². The van der Waals surface area contributed by atoms with Gasteiger partial charge >= 0.3 is 0 Å². The highest BCUT2D eigenvalue weighted by Crippen LogP contribution is 2.24. The van der Waals surface area contributed by atoms with Crippen molar-refractivity contribution >= 4 is 0 Å². The Labute approximate surface area is 106 Å². The topological polar surface area (TPSA) is 55.2 Å². The quantitative estimate of drug-likeness (QED) is 0.893. The van der Waals surface area contributed by atoms with Crippen LogP contribution in [0.2, 0.25) is 0 Å². The molecule has 1 heterocycles. The lowest BCUT2D eigenvalue weighted by Crippen LogP contribution is -2.24. The van der Waals surface area contributed by atoms with Gasteiger partial charge in [-0.3, -0.25) is 0 Å². The van der Waals surface area contributed by atoms with Gasteiger partial charge in [-0.25, -0.2) is 9.97 Å². The maximum atomic E-state index is 10.5. The Morgan fingerprint density at radius 1 is 1.17 bits per heavy atom. The summed E-state index contributed by atoms with van der Waals surface area (Å²) in [4.78, 5) is 7.86. The Hall–Kier alpha value is -1.94. The molecule has 1 N–H and O–H groups in total. The number of benzene rings is 1. The predicted octanol–water partition coefficient (Wildman–Crippen LogP) is 1.94. The summed E-state index contributed by atoms with van der Waals surface area (Å²) in [6.07, 6.45) is 5.23. The van der Waals surface area contributed by atoms with Crippen molar-refractivity contribution in [1.82, 2.24) is 9.97 Å². The van der Waals surface area contributed by atoms with Gasteiger partial charge in [0, 0.05) is 24.4 Å². The van der Waals surface area contributed by atoms with Crippen LogP contribution in [0, 0.1) is 0 Å². The van der Waals surface area contributed by atoms with E-state index < -0.39 is 5.60 Å². The normalized spacial score (nSPS) is 13.9. The second-order valence-corrected chi connectivity index (χ2v) is 4.43. The SMILES string of the molecule is COc1ccc(CC(C)(O)c2cncnc2)cc1. The number of aliphatic hydroxyl groups is 1. The first-order valence-electron chi connectivity index (χ1n) is 5.72. The van der Waals surface area contributed by atoms with Crippen molar-refractivity contribution < 1.29 is 9.84 Å². The number of hydrogen-bond acceptors (Lipinski definition) is 4. The number of nitrogens with zero attached hydrogens (tertiary/aromatic N) is 2. The van der Waals surface area contributed by atoms with Crippen molar-refractivity contribution in [2.45, 2.75) is 18.9 Å². The lowest BCUT2D eigenvalue weighted by molar-refractivity contribution is 0.0568. The van der Waals surface area contributed by atoms with E-state index in [2.05, 4.69) is 9.97 Å². The number of rotatable bonds is 4. The molecule has 0 spiro atoms. The summed E-state index contributed by atoms with van der Waals surface area (Å²) in [6.45, 7) is 1.76. The van der Waals surface area contributed by atoms with Gasteiger partial charge in [-0.15, -0.1) is 0 Å². The summed E-state index contributed by atoms with van der Waals surface area (Å²) in [5.74, 6) is 0.807. The maximum absolute atomic E-state index is 10.5. The first-order chi connectivity index (χ1) is 8.62. The van der Waals surface area contributed by atoms with Crippen molar-refractivity contribution in [3.63, 3.8) is 0 Å². The minimum absolute atomic E-state index is 0.504. The fraction of sp³-hybridized carbons (Fsp3) is 0.286. The molecule has 0 radical (unpaired) electrons. The molecule has 4 nitrogen and oxygen atoms in total. The Morgan fingerprint density at radius 3 is 2.33 bits per heavy atom. The van der Waals surface area contributed by atoms with Crippen molar-refractivity contribution in [2.24, 2.45) is 0 Å². The summed E-state index contributed by atoms with van der Waals surface area (Å²) >= 11 is 0. The van der Waals surface area contributed by atoms with E-state index in [1.54, 1.807) is 26.4 Å². The molecule has 0 aliphatic rings. The molecule has 1 aromatic heterocycles. The van der Waals surface area contributed by atoms with E-state index in [1.807, 2.05) is 24.3 Å². The highest BCUT2D eigenvalue weighted by molar-refractivity contribution is 5.29. The van der Waals surface area contributed by atoms with Gasteiger partial charge in [-0.2, -0.15) is 0 Å². The molecule has 0 amide bonds. The third-order valence-electron chi connectivity index (χ3n) is 2.89. The lowest BCUT2D eigenvalue weighted by Gasteiger charge is -2.23. The molecule has 0 fully saturated rings. The molecule has 94 valence electrons. The Bertz CT molecular complexity index is 495. The van der Waals surface area contributed by atoms with Gasteiger partial charge in [0.1, 0.15) is 12.1 Å². The monoisotopic (exact) mass is 244 g/mol.